The van der Waals surface area contributed by atoms with Gasteiger partial charge in [0.15, 0.2) is 0 Å². The first-order valence-corrected chi connectivity index (χ1v) is 14.7. The molecule has 3 rings (SSSR count). The Balaban J connectivity index is 1.86. The maximum Gasteiger partial charge on any atom is 0.312 e. The summed E-state index contributed by atoms with van der Waals surface area (Å²) in [7, 11) is 0. The van der Waals surface area contributed by atoms with Crippen LogP contribution >= 0.6 is 0 Å². The molecule has 3 aliphatic heterocycles. The van der Waals surface area contributed by atoms with Gasteiger partial charge in [-0.15, -0.1) is 13.2 Å². The quantitative estimate of drug-likeness (QED) is 0.163. The minimum Gasteiger partial charge on any atom is -0.465 e. The van der Waals surface area contributed by atoms with Crippen molar-refractivity contribution in [2.45, 2.75) is 108 Å². The molecule has 0 aromatic heterocycles. The van der Waals surface area contributed by atoms with Crippen molar-refractivity contribution in [1.82, 2.24) is 9.80 Å². The van der Waals surface area contributed by atoms with E-state index in [1.807, 2.05) is 17.9 Å². The van der Waals surface area contributed by atoms with Crippen LogP contribution in [-0.2, 0) is 23.9 Å². The van der Waals surface area contributed by atoms with Gasteiger partial charge in [0, 0.05) is 25.7 Å². The average Bonchev–Trinajstić information content (AvgIpc) is 3.54. The summed E-state index contributed by atoms with van der Waals surface area (Å²) in [5, 5.41) is 9.12. The summed E-state index contributed by atoms with van der Waals surface area (Å²) in [5.74, 6) is -2.03. The highest BCUT2D eigenvalue weighted by molar-refractivity contribution is 5.98. The second-order valence-corrected chi connectivity index (χ2v) is 11.1. The molecule has 1 spiro atoms. The van der Waals surface area contributed by atoms with E-state index in [1.165, 1.54) is 0 Å². The molecule has 0 aromatic rings. The Morgan fingerprint density at radius 1 is 1.21 bits per heavy atom. The lowest BCUT2D eigenvalue weighted by molar-refractivity contribution is -0.155. The number of fused-ring (bicyclic) bond motifs is 1. The maximum atomic E-state index is 14.3. The molecule has 0 aliphatic carbocycles. The summed E-state index contributed by atoms with van der Waals surface area (Å²) < 4.78 is 12.2. The van der Waals surface area contributed by atoms with Crippen molar-refractivity contribution in [1.29, 1.82) is 0 Å². The second-order valence-electron chi connectivity index (χ2n) is 11.1. The van der Waals surface area contributed by atoms with Gasteiger partial charge in [-0.3, -0.25) is 14.4 Å². The average molecular weight is 533 g/mol. The minimum absolute atomic E-state index is 0.00242. The van der Waals surface area contributed by atoms with E-state index in [9.17, 15) is 14.4 Å². The van der Waals surface area contributed by atoms with Crippen molar-refractivity contribution in [3.63, 3.8) is 0 Å². The molecule has 6 atom stereocenters. The number of allylic oxidation sites excluding steroid dienone is 1. The van der Waals surface area contributed by atoms with E-state index < -0.39 is 29.6 Å². The third kappa shape index (κ3) is 6.17. The molecule has 0 saturated carbocycles. The minimum atomic E-state index is -0.998. The SMILES string of the molecule is C=CCCCCOC(=O)[C@@H]1[C@H]2C(=O)N(CCCCCCO)C(C(=O)N(CC=C)C(C)CCC)C23CC[C@H]1O3. The molecule has 2 bridgehead atoms. The Hall–Kier alpha value is -2.19. The van der Waals surface area contributed by atoms with Gasteiger partial charge in [0.25, 0.3) is 0 Å². The highest BCUT2D eigenvalue weighted by Gasteiger charge is 2.75. The van der Waals surface area contributed by atoms with Gasteiger partial charge >= 0.3 is 5.97 Å². The molecule has 8 nitrogen and oxygen atoms in total. The largest absolute Gasteiger partial charge is 0.465 e. The summed E-state index contributed by atoms with van der Waals surface area (Å²) in [6.07, 6.45) is 11.9. The van der Waals surface area contributed by atoms with E-state index in [-0.39, 0.29) is 30.4 Å². The number of esters is 1. The Morgan fingerprint density at radius 3 is 2.66 bits per heavy atom. The summed E-state index contributed by atoms with van der Waals surface area (Å²) in [6.45, 7) is 13.0. The normalized spacial score (nSPS) is 28.3. The van der Waals surface area contributed by atoms with Crippen LogP contribution in [0.25, 0.3) is 0 Å². The predicted octanol–water partition coefficient (Wildman–Crippen LogP) is 4.02. The first-order chi connectivity index (χ1) is 18.4. The van der Waals surface area contributed by atoms with Gasteiger partial charge < -0.3 is 24.4 Å². The highest BCUT2D eigenvalue weighted by Crippen LogP contribution is 2.59. The van der Waals surface area contributed by atoms with Gasteiger partial charge in [-0.1, -0.05) is 38.3 Å². The topological polar surface area (TPSA) is 96.4 Å². The van der Waals surface area contributed by atoms with E-state index in [1.54, 1.807) is 11.0 Å². The van der Waals surface area contributed by atoms with Crippen LogP contribution in [0.4, 0.5) is 0 Å². The Bertz CT molecular complexity index is 847. The summed E-state index contributed by atoms with van der Waals surface area (Å²) in [6, 6.07) is -0.759. The van der Waals surface area contributed by atoms with Crippen LogP contribution in [0.3, 0.4) is 0 Å². The first kappa shape index (κ1) is 30.4. The number of nitrogens with zero attached hydrogens (tertiary/aromatic N) is 2. The molecule has 0 aromatic carbocycles. The van der Waals surface area contributed by atoms with Crippen LogP contribution in [0.5, 0.6) is 0 Å². The molecule has 214 valence electrons. The van der Waals surface area contributed by atoms with Crippen molar-refractivity contribution < 1.29 is 29.0 Å². The Labute approximate surface area is 228 Å². The smallest absolute Gasteiger partial charge is 0.312 e. The number of likely N-dealkylation sites (tertiary alicyclic amines) is 1. The maximum absolute atomic E-state index is 14.3. The lowest BCUT2D eigenvalue weighted by Gasteiger charge is -2.39. The first-order valence-electron chi connectivity index (χ1n) is 14.7. The van der Waals surface area contributed by atoms with Crippen LogP contribution in [0, 0.1) is 11.8 Å². The molecule has 2 amide bonds. The lowest BCUT2D eigenvalue weighted by atomic mass is 9.70. The zero-order valence-corrected chi connectivity index (χ0v) is 23.4. The van der Waals surface area contributed by atoms with Crippen molar-refractivity contribution >= 4 is 17.8 Å². The predicted molar refractivity (Wildman–Crippen MR) is 146 cm³/mol. The number of rotatable bonds is 18. The van der Waals surface area contributed by atoms with Crippen LogP contribution in [0.1, 0.15) is 84.5 Å². The molecule has 3 heterocycles. The third-order valence-corrected chi connectivity index (χ3v) is 8.51. The monoisotopic (exact) mass is 532 g/mol. The molecular weight excluding hydrogens is 484 g/mol. The van der Waals surface area contributed by atoms with E-state index >= 15 is 0 Å². The number of hydrogen-bond acceptors (Lipinski definition) is 6. The summed E-state index contributed by atoms with van der Waals surface area (Å²) in [4.78, 5) is 45.1. The lowest BCUT2D eigenvalue weighted by Crippen LogP contribution is -2.57. The van der Waals surface area contributed by atoms with E-state index in [4.69, 9.17) is 14.6 Å². The van der Waals surface area contributed by atoms with Crippen LogP contribution in [0.2, 0.25) is 0 Å². The van der Waals surface area contributed by atoms with E-state index in [0.717, 1.165) is 57.8 Å². The van der Waals surface area contributed by atoms with E-state index in [2.05, 4.69) is 20.1 Å². The molecule has 0 radical (unpaired) electrons. The fourth-order valence-corrected chi connectivity index (χ4v) is 6.70. The van der Waals surface area contributed by atoms with Gasteiger partial charge in [-0.2, -0.15) is 0 Å². The van der Waals surface area contributed by atoms with Gasteiger partial charge in [0.2, 0.25) is 11.8 Å². The van der Waals surface area contributed by atoms with Gasteiger partial charge in [-0.05, 0) is 58.3 Å². The van der Waals surface area contributed by atoms with E-state index in [0.29, 0.717) is 32.5 Å². The van der Waals surface area contributed by atoms with Crippen molar-refractivity contribution in [2.75, 3.05) is 26.3 Å². The number of carbonyl (C=O) groups is 3. The van der Waals surface area contributed by atoms with Crippen LogP contribution in [0.15, 0.2) is 25.3 Å². The molecule has 38 heavy (non-hydrogen) atoms. The number of carbonyl (C=O) groups excluding carboxylic acids is 3. The second kappa shape index (κ2) is 14.3. The fourth-order valence-electron chi connectivity index (χ4n) is 6.70. The van der Waals surface area contributed by atoms with Gasteiger partial charge in [0.1, 0.15) is 11.6 Å². The molecule has 3 unspecified atom stereocenters. The van der Waals surface area contributed by atoms with Crippen molar-refractivity contribution in [3.05, 3.63) is 25.3 Å². The molecule has 3 aliphatic rings. The number of aliphatic hydroxyl groups excluding tert-OH is 1. The van der Waals surface area contributed by atoms with Crippen molar-refractivity contribution in [3.8, 4) is 0 Å². The van der Waals surface area contributed by atoms with Crippen molar-refractivity contribution in [2.24, 2.45) is 11.8 Å². The zero-order chi connectivity index (χ0) is 27.7. The zero-order valence-electron chi connectivity index (χ0n) is 23.4. The van der Waals surface area contributed by atoms with Gasteiger partial charge in [-0.25, -0.2) is 0 Å². The Morgan fingerprint density at radius 2 is 1.97 bits per heavy atom. The number of amides is 2. The number of unbranched alkanes of at least 4 members (excludes halogenated alkanes) is 5. The standard InChI is InChI=1S/C30H48N2O6/c1-5-8-9-14-21-37-29(36)24-23-16-17-30(38-23)25(24)27(34)32(19-12-10-11-13-20-33)26(30)28(35)31(18-7-3)22(4)15-6-2/h5,7,22-26,33H,1,3,6,8-21H2,2,4H3/t22?,23-,24+,25+,26?,30?/m1/s1. The third-order valence-electron chi connectivity index (χ3n) is 8.51. The number of aliphatic hydroxyl groups is 1. The molecular formula is C30H48N2O6. The number of ether oxygens (including phenoxy) is 2. The Kier molecular flexibility index (Phi) is 11.4. The number of hydrogen-bond donors (Lipinski definition) is 1. The fraction of sp³-hybridized carbons (Fsp3) is 0.767. The highest BCUT2D eigenvalue weighted by atomic mass is 16.6. The van der Waals surface area contributed by atoms with Crippen LogP contribution in [-0.4, -0.2) is 82.8 Å². The summed E-state index contributed by atoms with van der Waals surface area (Å²) in [5.41, 5.74) is -0.998. The van der Waals surface area contributed by atoms with Gasteiger partial charge in [0.05, 0.1) is 24.5 Å². The molecule has 3 fully saturated rings. The molecule has 3 saturated heterocycles. The molecule has 1 N–H and O–H groups in total. The summed E-state index contributed by atoms with van der Waals surface area (Å²) >= 11 is 0. The van der Waals surface area contributed by atoms with Crippen LogP contribution < -0.4 is 0 Å². The molecule has 8 heteroatoms.